The van der Waals surface area contributed by atoms with Crippen LogP contribution in [0.1, 0.15) is 18.9 Å². The monoisotopic (exact) mass is 548 g/mol. The molecule has 198 valence electrons. The van der Waals surface area contributed by atoms with Crippen LogP contribution in [-0.2, 0) is 11.0 Å². The summed E-state index contributed by atoms with van der Waals surface area (Å²) >= 11 is 0.759. The molecule has 38 heavy (non-hydrogen) atoms. The van der Waals surface area contributed by atoms with E-state index in [1.807, 2.05) is 0 Å². The average molecular weight is 549 g/mol. The molecule has 0 saturated carbocycles. The number of thiazole rings is 1. The summed E-state index contributed by atoms with van der Waals surface area (Å²) in [6.07, 6.45) is -2.14. The van der Waals surface area contributed by atoms with Crippen LogP contribution >= 0.6 is 11.3 Å². The van der Waals surface area contributed by atoms with Crippen molar-refractivity contribution in [3.05, 3.63) is 54.4 Å². The van der Waals surface area contributed by atoms with Gasteiger partial charge in [0.1, 0.15) is 23.5 Å². The number of fused-ring (bicyclic) bond motifs is 2. The number of likely N-dealkylation sites (N-methyl/N-ethyl adjacent to an activating group) is 1. The number of hydrogen-bond donors (Lipinski definition) is 1. The van der Waals surface area contributed by atoms with Gasteiger partial charge in [0.25, 0.3) is 0 Å². The van der Waals surface area contributed by atoms with Gasteiger partial charge in [0.05, 0.1) is 15.8 Å². The Labute approximate surface area is 217 Å². The lowest BCUT2D eigenvalue weighted by Gasteiger charge is -2.30. The Morgan fingerprint density at radius 1 is 1.29 bits per heavy atom. The smallest absolute Gasteiger partial charge is 0.375 e. The van der Waals surface area contributed by atoms with Crippen LogP contribution in [0.5, 0.6) is 0 Å². The molecule has 0 spiro atoms. The molecule has 0 bridgehead atoms. The van der Waals surface area contributed by atoms with Crippen LogP contribution in [0.2, 0.25) is 0 Å². The summed E-state index contributed by atoms with van der Waals surface area (Å²) in [5, 5.41) is -0.197. The molecule has 1 fully saturated rings. The first-order chi connectivity index (χ1) is 18.0. The van der Waals surface area contributed by atoms with Crippen LogP contribution < -0.4 is 10.6 Å². The molecule has 0 radical (unpaired) electrons. The summed E-state index contributed by atoms with van der Waals surface area (Å²) in [5.41, 5.74) is 2.88. The van der Waals surface area contributed by atoms with Crippen molar-refractivity contribution in [1.29, 1.82) is 0 Å². The van der Waals surface area contributed by atoms with Crippen molar-refractivity contribution < 1.29 is 26.7 Å². The summed E-state index contributed by atoms with van der Waals surface area (Å²) in [5.74, 6) is -2.09. The molecular weight excluding hydrogens is 527 g/mol. The molecule has 4 aromatic rings. The van der Waals surface area contributed by atoms with Gasteiger partial charge in [-0.15, -0.1) is 0 Å². The van der Waals surface area contributed by atoms with Crippen molar-refractivity contribution in [2.45, 2.75) is 25.6 Å². The SMILES string of the molecule is C=CC(=O)N1CC[C@@H](N(CC)c2ncnc3c(F)c(-c4ccc(F)c5sc(N)nc45)c(C(F)(F)F)cc23)C1. The number of hydrogen-bond acceptors (Lipinski definition) is 7. The number of amides is 1. The Morgan fingerprint density at radius 3 is 2.74 bits per heavy atom. The predicted octanol–water partition coefficient (Wildman–Crippen LogP) is 5.40. The summed E-state index contributed by atoms with van der Waals surface area (Å²) in [6.45, 7) is 6.38. The highest BCUT2D eigenvalue weighted by Crippen LogP contribution is 2.45. The van der Waals surface area contributed by atoms with Gasteiger partial charge in [-0.2, -0.15) is 13.2 Å². The Hall–Kier alpha value is -3.87. The third kappa shape index (κ3) is 4.20. The van der Waals surface area contributed by atoms with Crippen LogP contribution in [-0.4, -0.2) is 51.4 Å². The number of alkyl halides is 3. The molecule has 0 aliphatic carbocycles. The molecule has 1 aliphatic rings. The largest absolute Gasteiger partial charge is 0.417 e. The summed E-state index contributed by atoms with van der Waals surface area (Å²) in [4.78, 5) is 27.6. The third-order valence-corrected chi connectivity index (χ3v) is 7.53. The highest BCUT2D eigenvalue weighted by atomic mass is 32.1. The van der Waals surface area contributed by atoms with Crippen molar-refractivity contribution in [1.82, 2.24) is 19.9 Å². The zero-order chi connectivity index (χ0) is 27.4. The zero-order valence-corrected chi connectivity index (χ0v) is 20.8. The Balaban J connectivity index is 1.73. The summed E-state index contributed by atoms with van der Waals surface area (Å²) in [7, 11) is 0. The van der Waals surface area contributed by atoms with Crippen LogP contribution in [0.15, 0.2) is 37.2 Å². The fourth-order valence-corrected chi connectivity index (χ4v) is 5.73. The topological polar surface area (TPSA) is 88.2 Å². The average Bonchev–Trinajstić information content (AvgIpc) is 3.52. The number of aromatic nitrogens is 3. The number of nitrogens with two attached hydrogens (primary N) is 1. The molecule has 0 unspecified atom stereocenters. The summed E-state index contributed by atoms with van der Waals surface area (Å²) in [6, 6.07) is 2.58. The Bertz CT molecular complexity index is 1590. The highest BCUT2D eigenvalue weighted by molar-refractivity contribution is 7.22. The van der Waals surface area contributed by atoms with Crippen molar-refractivity contribution in [2.24, 2.45) is 0 Å². The maximum atomic E-state index is 16.1. The van der Waals surface area contributed by atoms with E-state index >= 15 is 4.39 Å². The van der Waals surface area contributed by atoms with E-state index in [-0.39, 0.29) is 49.6 Å². The van der Waals surface area contributed by atoms with Gasteiger partial charge in [-0.1, -0.05) is 17.9 Å². The van der Waals surface area contributed by atoms with Gasteiger partial charge in [0.15, 0.2) is 10.9 Å². The van der Waals surface area contributed by atoms with Gasteiger partial charge in [-0.3, -0.25) is 4.79 Å². The van der Waals surface area contributed by atoms with Gasteiger partial charge in [-0.25, -0.2) is 23.7 Å². The van der Waals surface area contributed by atoms with E-state index in [2.05, 4.69) is 21.5 Å². The number of anilines is 2. The Morgan fingerprint density at radius 2 is 2.05 bits per heavy atom. The number of halogens is 5. The standard InChI is InChI=1S/C25H21F5N6OS/c1-3-17(37)35-8-7-12(10-35)36(4-2)23-14-9-15(25(28,29)30)18(19(27)20(14)32-11-33-23)13-5-6-16(26)22-21(13)34-24(31)38-22/h3,5-6,9,11-12H,1,4,7-8,10H2,2H3,(H2,31,34)/t12-/m1/s1. The van der Waals surface area contributed by atoms with Crippen molar-refractivity contribution in [2.75, 3.05) is 30.3 Å². The molecule has 1 amide bonds. The summed E-state index contributed by atoms with van der Waals surface area (Å²) < 4.78 is 73.7. The van der Waals surface area contributed by atoms with Crippen LogP contribution in [0, 0.1) is 11.6 Å². The minimum Gasteiger partial charge on any atom is -0.375 e. The van der Waals surface area contributed by atoms with Crippen molar-refractivity contribution in [3.63, 3.8) is 0 Å². The van der Waals surface area contributed by atoms with E-state index in [1.54, 1.807) is 16.7 Å². The lowest BCUT2D eigenvalue weighted by molar-refractivity contribution is -0.137. The molecule has 2 aromatic heterocycles. The van der Waals surface area contributed by atoms with E-state index in [4.69, 9.17) is 5.73 Å². The van der Waals surface area contributed by atoms with Crippen molar-refractivity contribution >= 4 is 49.3 Å². The minimum atomic E-state index is -4.97. The minimum absolute atomic E-state index is 0.0650. The van der Waals surface area contributed by atoms with E-state index in [9.17, 15) is 22.4 Å². The predicted molar refractivity (Wildman–Crippen MR) is 136 cm³/mol. The normalized spacial score (nSPS) is 15.9. The maximum Gasteiger partial charge on any atom is 0.417 e. The third-order valence-electron chi connectivity index (χ3n) is 6.64. The van der Waals surface area contributed by atoms with Gasteiger partial charge < -0.3 is 15.5 Å². The number of rotatable bonds is 5. The van der Waals surface area contributed by atoms with E-state index < -0.39 is 28.9 Å². The lowest BCUT2D eigenvalue weighted by Crippen LogP contribution is -2.39. The van der Waals surface area contributed by atoms with Gasteiger partial charge in [-0.05, 0) is 37.6 Å². The number of likely N-dealkylation sites (tertiary alicyclic amines) is 1. The van der Waals surface area contributed by atoms with Crippen LogP contribution in [0.4, 0.5) is 32.9 Å². The van der Waals surface area contributed by atoms with Crippen molar-refractivity contribution in [3.8, 4) is 11.1 Å². The van der Waals surface area contributed by atoms with Crippen LogP contribution in [0.25, 0.3) is 32.2 Å². The second-order valence-electron chi connectivity index (χ2n) is 8.75. The quantitative estimate of drug-likeness (QED) is 0.266. The number of nitrogens with zero attached hydrogens (tertiary/aromatic N) is 5. The Kier molecular flexibility index (Phi) is 6.41. The number of carbonyl (C=O) groups excluding carboxylic acids is 1. The first kappa shape index (κ1) is 25.8. The van der Waals surface area contributed by atoms with Gasteiger partial charge >= 0.3 is 6.18 Å². The maximum absolute atomic E-state index is 16.1. The molecule has 7 nitrogen and oxygen atoms in total. The number of benzene rings is 2. The first-order valence-corrected chi connectivity index (χ1v) is 12.4. The molecule has 3 heterocycles. The lowest BCUT2D eigenvalue weighted by atomic mass is 9.95. The number of nitrogen functional groups attached to an aromatic ring is 1. The zero-order valence-electron chi connectivity index (χ0n) is 20.0. The second-order valence-corrected chi connectivity index (χ2v) is 9.78. The molecule has 2 N–H and O–H groups in total. The molecule has 2 aromatic carbocycles. The molecule has 1 aliphatic heterocycles. The first-order valence-electron chi connectivity index (χ1n) is 11.6. The van der Waals surface area contributed by atoms with E-state index in [1.165, 1.54) is 6.08 Å². The fraction of sp³-hybridized carbons (Fsp3) is 0.280. The van der Waals surface area contributed by atoms with Gasteiger partial charge in [0.2, 0.25) is 5.91 Å². The number of carbonyl (C=O) groups is 1. The van der Waals surface area contributed by atoms with E-state index in [0.717, 1.165) is 35.9 Å². The molecule has 13 heteroatoms. The molecular formula is C25H21F5N6OS. The second kappa shape index (κ2) is 9.46. The van der Waals surface area contributed by atoms with E-state index in [0.29, 0.717) is 26.1 Å². The molecule has 5 rings (SSSR count). The highest BCUT2D eigenvalue weighted by Gasteiger charge is 2.38. The van der Waals surface area contributed by atoms with Crippen LogP contribution in [0.3, 0.4) is 0 Å². The molecule has 1 saturated heterocycles. The fourth-order valence-electron chi connectivity index (χ4n) is 4.96. The molecule has 1 atom stereocenters. The van der Waals surface area contributed by atoms with Gasteiger partial charge in [0, 0.05) is 42.2 Å².